The quantitative estimate of drug-likeness (QED) is 0.834. The lowest BCUT2D eigenvalue weighted by atomic mass is 9.74. The first-order valence-electron chi connectivity index (χ1n) is 10.1. The molecule has 0 spiro atoms. The van der Waals surface area contributed by atoms with Crippen LogP contribution < -0.4 is 10.1 Å². The Morgan fingerprint density at radius 2 is 2.00 bits per heavy atom. The zero-order valence-corrected chi connectivity index (χ0v) is 15.7. The largest absolute Gasteiger partial charge is 0.493 e. The van der Waals surface area contributed by atoms with Crippen molar-refractivity contribution in [3.63, 3.8) is 0 Å². The molecule has 1 heterocycles. The number of aliphatic hydroxyl groups excluding tert-OH is 1. The van der Waals surface area contributed by atoms with Crippen molar-refractivity contribution in [3.05, 3.63) is 65.0 Å². The van der Waals surface area contributed by atoms with Crippen molar-refractivity contribution in [2.75, 3.05) is 6.61 Å². The van der Waals surface area contributed by atoms with Gasteiger partial charge in [0.25, 0.3) is 0 Å². The SMILES string of the molecule is O=C(NC(c1ccc2c(c1)CCO2)C1CC(O)C1)C1(c2ccccc2F)CC1. The average molecular weight is 381 g/mol. The molecule has 2 fully saturated rings. The lowest BCUT2D eigenvalue weighted by Crippen LogP contribution is -2.45. The van der Waals surface area contributed by atoms with Gasteiger partial charge in [0.1, 0.15) is 11.6 Å². The first-order valence-corrected chi connectivity index (χ1v) is 10.1. The van der Waals surface area contributed by atoms with Gasteiger partial charge in [0.05, 0.1) is 24.2 Å². The standard InChI is InChI=1S/C23H24FNO3/c24-19-4-2-1-3-18(19)23(8-9-23)22(27)25-21(16-12-17(26)13-16)15-5-6-20-14(11-15)7-10-28-20/h1-6,11,16-17,21,26H,7-10,12-13H2,(H,25,27). The van der Waals surface area contributed by atoms with Gasteiger partial charge >= 0.3 is 0 Å². The van der Waals surface area contributed by atoms with Crippen molar-refractivity contribution in [2.45, 2.75) is 49.7 Å². The number of nitrogens with one attached hydrogen (secondary N) is 1. The van der Waals surface area contributed by atoms with Gasteiger partial charge in [-0.2, -0.15) is 0 Å². The Labute approximate surface area is 163 Å². The summed E-state index contributed by atoms with van der Waals surface area (Å²) in [6, 6.07) is 12.5. The van der Waals surface area contributed by atoms with Crippen molar-refractivity contribution >= 4 is 5.91 Å². The third kappa shape index (κ3) is 2.89. The molecule has 5 rings (SSSR count). The highest BCUT2D eigenvalue weighted by Gasteiger charge is 2.53. The maximum atomic E-state index is 14.4. The molecule has 0 radical (unpaired) electrons. The van der Waals surface area contributed by atoms with Crippen LogP contribution in [0, 0.1) is 11.7 Å². The Morgan fingerprint density at radius 3 is 2.71 bits per heavy atom. The minimum atomic E-state index is -0.758. The molecule has 1 unspecified atom stereocenters. The normalized spacial score (nSPS) is 25.2. The molecule has 2 aromatic rings. The third-order valence-electron chi connectivity index (χ3n) is 6.55. The lowest BCUT2D eigenvalue weighted by Gasteiger charge is -2.39. The maximum absolute atomic E-state index is 14.4. The molecule has 1 aliphatic heterocycles. The van der Waals surface area contributed by atoms with E-state index in [1.54, 1.807) is 18.2 Å². The number of hydrogen-bond donors (Lipinski definition) is 2. The summed E-state index contributed by atoms with van der Waals surface area (Å²) >= 11 is 0. The monoisotopic (exact) mass is 381 g/mol. The topological polar surface area (TPSA) is 58.6 Å². The van der Waals surface area contributed by atoms with E-state index in [1.807, 2.05) is 12.1 Å². The lowest BCUT2D eigenvalue weighted by molar-refractivity contribution is -0.125. The first kappa shape index (κ1) is 17.7. The number of benzene rings is 2. The molecular weight excluding hydrogens is 357 g/mol. The number of rotatable bonds is 5. The maximum Gasteiger partial charge on any atom is 0.231 e. The second kappa shape index (κ2) is 6.59. The highest BCUT2D eigenvalue weighted by Crippen LogP contribution is 2.50. The van der Waals surface area contributed by atoms with E-state index in [0.29, 0.717) is 37.9 Å². The van der Waals surface area contributed by atoms with Gasteiger partial charge in [-0.15, -0.1) is 0 Å². The van der Waals surface area contributed by atoms with Gasteiger partial charge < -0.3 is 15.2 Å². The summed E-state index contributed by atoms with van der Waals surface area (Å²) < 4.78 is 20.0. The zero-order valence-electron chi connectivity index (χ0n) is 15.7. The van der Waals surface area contributed by atoms with Gasteiger partial charge in [-0.25, -0.2) is 4.39 Å². The van der Waals surface area contributed by atoms with Crippen LogP contribution in [0.5, 0.6) is 5.75 Å². The van der Waals surface area contributed by atoms with Crippen LogP contribution in [0.15, 0.2) is 42.5 Å². The van der Waals surface area contributed by atoms with Crippen LogP contribution in [-0.4, -0.2) is 23.7 Å². The highest BCUT2D eigenvalue weighted by molar-refractivity contribution is 5.91. The summed E-state index contributed by atoms with van der Waals surface area (Å²) in [5.74, 6) is 0.671. The summed E-state index contributed by atoms with van der Waals surface area (Å²) in [5.41, 5.74) is 1.93. The molecule has 0 bridgehead atoms. The number of amides is 1. The summed E-state index contributed by atoms with van der Waals surface area (Å²) in [6.07, 6.45) is 3.24. The van der Waals surface area contributed by atoms with Crippen LogP contribution >= 0.6 is 0 Å². The van der Waals surface area contributed by atoms with E-state index < -0.39 is 5.41 Å². The Bertz CT molecular complexity index is 918. The van der Waals surface area contributed by atoms with Gasteiger partial charge in [0, 0.05) is 12.0 Å². The van der Waals surface area contributed by atoms with E-state index in [0.717, 1.165) is 23.3 Å². The molecule has 3 aliphatic rings. The van der Waals surface area contributed by atoms with Gasteiger partial charge in [-0.1, -0.05) is 24.3 Å². The van der Waals surface area contributed by atoms with E-state index in [1.165, 1.54) is 6.07 Å². The third-order valence-corrected chi connectivity index (χ3v) is 6.55. The summed E-state index contributed by atoms with van der Waals surface area (Å²) in [5, 5.41) is 13.0. The molecule has 4 nitrogen and oxygen atoms in total. The van der Waals surface area contributed by atoms with Gasteiger partial charge in [-0.05, 0) is 60.9 Å². The fourth-order valence-electron chi connectivity index (χ4n) is 4.65. The molecule has 0 saturated heterocycles. The van der Waals surface area contributed by atoms with Crippen LogP contribution in [0.3, 0.4) is 0 Å². The first-order chi connectivity index (χ1) is 13.6. The number of aliphatic hydroxyl groups is 1. The second-order valence-corrected chi connectivity index (χ2v) is 8.36. The van der Waals surface area contributed by atoms with Crippen LogP contribution in [-0.2, 0) is 16.6 Å². The van der Waals surface area contributed by atoms with Crippen molar-refractivity contribution in [3.8, 4) is 5.75 Å². The predicted molar refractivity (Wildman–Crippen MR) is 103 cm³/mol. The second-order valence-electron chi connectivity index (χ2n) is 8.36. The molecule has 1 amide bonds. The molecule has 2 aliphatic carbocycles. The van der Waals surface area contributed by atoms with Crippen molar-refractivity contribution in [2.24, 2.45) is 5.92 Å². The number of fused-ring (bicyclic) bond motifs is 1. The number of ether oxygens (including phenoxy) is 1. The van der Waals surface area contributed by atoms with Gasteiger partial charge in [0.15, 0.2) is 0 Å². The van der Waals surface area contributed by atoms with Gasteiger partial charge in [-0.3, -0.25) is 4.79 Å². The Balaban J connectivity index is 1.43. The van der Waals surface area contributed by atoms with E-state index in [4.69, 9.17) is 4.74 Å². The number of hydrogen-bond acceptors (Lipinski definition) is 3. The smallest absolute Gasteiger partial charge is 0.231 e. The van der Waals surface area contributed by atoms with E-state index in [9.17, 15) is 14.3 Å². The Morgan fingerprint density at radius 1 is 1.21 bits per heavy atom. The van der Waals surface area contributed by atoms with Crippen LogP contribution in [0.1, 0.15) is 48.4 Å². The highest BCUT2D eigenvalue weighted by atomic mass is 19.1. The summed E-state index contributed by atoms with van der Waals surface area (Å²) in [6.45, 7) is 0.689. The summed E-state index contributed by atoms with van der Waals surface area (Å²) in [7, 11) is 0. The molecule has 5 heteroatoms. The number of carbonyl (C=O) groups is 1. The molecule has 146 valence electrons. The predicted octanol–water partition coefficient (Wildman–Crippen LogP) is 3.42. The zero-order chi connectivity index (χ0) is 19.3. The number of carbonyl (C=O) groups excluding carboxylic acids is 1. The fraction of sp³-hybridized carbons (Fsp3) is 0.435. The van der Waals surface area contributed by atoms with E-state index >= 15 is 0 Å². The number of halogens is 1. The van der Waals surface area contributed by atoms with Crippen molar-refractivity contribution in [1.29, 1.82) is 0 Å². The summed E-state index contributed by atoms with van der Waals surface area (Å²) in [4.78, 5) is 13.3. The van der Waals surface area contributed by atoms with Crippen molar-refractivity contribution in [1.82, 2.24) is 5.32 Å². The van der Waals surface area contributed by atoms with Crippen LogP contribution in [0.4, 0.5) is 4.39 Å². The average Bonchev–Trinajstić information content (AvgIpc) is 3.34. The molecule has 2 N–H and O–H groups in total. The van der Waals surface area contributed by atoms with Crippen LogP contribution in [0.25, 0.3) is 0 Å². The molecule has 0 aromatic heterocycles. The molecule has 2 saturated carbocycles. The minimum Gasteiger partial charge on any atom is -0.493 e. The van der Waals surface area contributed by atoms with Crippen LogP contribution in [0.2, 0.25) is 0 Å². The Hall–Kier alpha value is -2.40. The van der Waals surface area contributed by atoms with E-state index in [2.05, 4.69) is 11.4 Å². The molecule has 2 aromatic carbocycles. The minimum absolute atomic E-state index is 0.110. The Kier molecular flexibility index (Phi) is 4.16. The molecular formula is C23H24FNO3. The molecule has 1 atom stereocenters. The van der Waals surface area contributed by atoms with Gasteiger partial charge in [0.2, 0.25) is 5.91 Å². The van der Waals surface area contributed by atoms with E-state index in [-0.39, 0.29) is 29.8 Å². The molecule has 28 heavy (non-hydrogen) atoms. The fourth-order valence-corrected chi connectivity index (χ4v) is 4.65. The van der Waals surface area contributed by atoms with Crippen molar-refractivity contribution < 1.29 is 19.0 Å².